The summed E-state index contributed by atoms with van der Waals surface area (Å²) in [7, 11) is 0. The lowest BCUT2D eigenvalue weighted by molar-refractivity contribution is -0.167. The summed E-state index contributed by atoms with van der Waals surface area (Å²) in [5.41, 5.74) is 0. The van der Waals surface area contributed by atoms with Gasteiger partial charge in [-0.3, -0.25) is 14.4 Å². The first kappa shape index (κ1) is 47.4. The number of ether oxygens (including phenoxy) is 3. The number of carbonyl (C=O) groups is 3. The molecule has 6 nitrogen and oxygen atoms in total. The van der Waals surface area contributed by atoms with Crippen molar-refractivity contribution in [1.29, 1.82) is 0 Å². The predicted octanol–water partition coefficient (Wildman–Crippen LogP) is 13.2. The number of rotatable bonds is 38. The van der Waals surface area contributed by atoms with E-state index >= 15 is 0 Å². The maximum Gasteiger partial charge on any atom is 0.306 e. The first-order valence-corrected chi connectivity index (χ1v) is 21.4. The van der Waals surface area contributed by atoms with E-state index in [4.69, 9.17) is 14.2 Å². The molecule has 0 aliphatic rings. The molecule has 0 spiro atoms. The van der Waals surface area contributed by atoms with Gasteiger partial charge in [0.25, 0.3) is 0 Å². The van der Waals surface area contributed by atoms with Crippen LogP contribution >= 0.6 is 0 Å². The van der Waals surface area contributed by atoms with Gasteiger partial charge in [-0.2, -0.15) is 0 Å². The van der Waals surface area contributed by atoms with Crippen molar-refractivity contribution < 1.29 is 28.6 Å². The molecular formula is C43H82O6. The topological polar surface area (TPSA) is 78.9 Å². The van der Waals surface area contributed by atoms with E-state index in [-0.39, 0.29) is 31.1 Å². The molecule has 0 aliphatic carbocycles. The molecule has 0 aromatic carbocycles. The number of hydrogen-bond acceptors (Lipinski definition) is 6. The van der Waals surface area contributed by atoms with Crippen molar-refractivity contribution in [2.24, 2.45) is 5.92 Å². The fourth-order valence-electron chi connectivity index (χ4n) is 6.27. The summed E-state index contributed by atoms with van der Waals surface area (Å²) in [5.74, 6) is -0.0458. The van der Waals surface area contributed by atoms with E-state index < -0.39 is 6.10 Å². The van der Waals surface area contributed by atoms with Gasteiger partial charge in [0.15, 0.2) is 6.10 Å². The normalized spacial score (nSPS) is 11.9. The molecule has 0 aromatic heterocycles. The molecule has 6 heteroatoms. The van der Waals surface area contributed by atoms with Gasteiger partial charge in [0.2, 0.25) is 0 Å². The number of hydrogen-bond donors (Lipinski definition) is 0. The van der Waals surface area contributed by atoms with Crippen molar-refractivity contribution in [2.75, 3.05) is 13.2 Å². The Morgan fingerprint density at radius 2 is 0.673 bits per heavy atom. The Balaban J connectivity index is 4.17. The Bertz CT molecular complexity index is 736. The van der Waals surface area contributed by atoms with Crippen LogP contribution in [0.5, 0.6) is 0 Å². The second kappa shape index (κ2) is 37.7. The van der Waals surface area contributed by atoms with Crippen LogP contribution < -0.4 is 0 Å². The highest BCUT2D eigenvalue weighted by Crippen LogP contribution is 2.16. The second-order valence-electron chi connectivity index (χ2n) is 15.1. The molecule has 49 heavy (non-hydrogen) atoms. The van der Waals surface area contributed by atoms with Gasteiger partial charge in [0.05, 0.1) is 0 Å². The average molecular weight is 695 g/mol. The third-order valence-corrected chi connectivity index (χ3v) is 9.54. The van der Waals surface area contributed by atoms with Gasteiger partial charge in [-0.15, -0.1) is 0 Å². The molecule has 0 aromatic rings. The van der Waals surface area contributed by atoms with Crippen molar-refractivity contribution in [1.82, 2.24) is 0 Å². The lowest BCUT2D eigenvalue weighted by Crippen LogP contribution is -2.30. The molecular weight excluding hydrogens is 612 g/mol. The van der Waals surface area contributed by atoms with Crippen LogP contribution in [-0.4, -0.2) is 37.2 Å². The third kappa shape index (κ3) is 37.5. The highest BCUT2D eigenvalue weighted by molar-refractivity contribution is 5.71. The smallest absolute Gasteiger partial charge is 0.306 e. The minimum atomic E-state index is -0.756. The Hall–Kier alpha value is -1.59. The third-order valence-electron chi connectivity index (χ3n) is 9.54. The number of esters is 3. The molecule has 0 unspecified atom stereocenters. The average Bonchev–Trinajstić information content (AvgIpc) is 3.08. The van der Waals surface area contributed by atoms with Crippen molar-refractivity contribution in [3.05, 3.63) is 0 Å². The number of unbranched alkanes of at least 4 members (excludes halogenated alkanes) is 25. The molecule has 0 amide bonds. The van der Waals surface area contributed by atoms with Crippen LogP contribution in [0.1, 0.15) is 233 Å². The van der Waals surface area contributed by atoms with E-state index in [1.165, 1.54) is 122 Å². The summed E-state index contributed by atoms with van der Waals surface area (Å²) < 4.78 is 16.6. The van der Waals surface area contributed by atoms with E-state index in [0.717, 1.165) is 70.1 Å². The molecule has 1 atom stereocenters. The molecule has 0 saturated heterocycles. The summed E-state index contributed by atoms with van der Waals surface area (Å²) in [6.07, 6.45) is 35.4. The first-order chi connectivity index (χ1) is 23.9. The largest absolute Gasteiger partial charge is 0.462 e. The van der Waals surface area contributed by atoms with E-state index in [1.807, 2.05) is 0 Å². The minimum Gasteiger partial charge on any atom is -0.462 e. The summed E-state index contributed by atoms with van der Waals surface area (Å²) in [6, 6.07) is 0. The summed E-state index contributed by atoms with van der Waals surface area (Å²) in [6.45, 7) is 8.90. The van der Waals surface area contributed by atoms with Crippen LogP contribution in [0.4, 0.5) is 0 Å². The van der Waals surface area contributed by atoms with Crippen LogP contribution in [0.15, 0.2) is 0 Å². The molecule has 0 rings (SSSR count). The molecule has 0 N–H and O–H groups in total. The van der Waals surface area contributed by atoms with Gasteiger partial charge >= 0.3 is 17.9 Å². The van der Waals surface area contributed by atoms with Crippen LogP contribution in [0.2, 0.25) is 0 Å². The molecule has 0 saturated carbocycles. The Morgan fingerprint density at radius 3 is 1.00 bits per heavy atom. The van der Waals surface area contributed by atoms with Crippen molar-refractivity contribution in [3.8, 4) is 0 Å². The Labute approximate surface area is 304 Å². The maximum absolute atomic E-state index is 12.5. The zero-order valence-corrected chi connectivity index (χ0v) is 33.1. The Kier molecular flexibility index (Phi) is 36.4. The van der Waals surface area contributed by atoms with Crippen molar-refractivity contribution in [2.45, 2.75) is 239 Å². The SMILES string of the molecule is CCCCCCCCCCCCCCC(=O)OC[C@@H](COC(=O)CCCCCCCCCCCCCC(C)C)OC(=O)CCCCCCC. The van der Waals surface area contributed by atoms with Gasteiger partial charge in [-0.25, -0.2) is 0 Å². The van der Waals surface area contributed by atoms with Crippen LogP contribution in [-0.2, 0) is 28.6 Å². The fraction of sp³-hybridized carbons (Fsp3) is 0.930. The standard InChI is InChI=1S/C43H82O6/c1-5-7-9-11-12-13-14-17-20-23-27-30-34-41(44)47-37-40(49-43(46)36-32-25-10-8-6-2)38-48-42(45)35-31-28-24-21-18-15-16-19-22-26-29-33-39(3)4/h39-40H,5-38H2,1-4H3/t40-/m0/s1. The highest BCUT2D eigenvalue weighted by atomic mass is 16.6. The van der Waals surface area contributed by atoms with Gasteiger partial charge in [-0.05, 0) is 25.2 Å². The summed E-state index contributed by atoms with van der Waals surface area (Å²) >= 11 is 0. The highest BCUT2D eigenvalue weighted by Gasteiger charge is 2.19. The van der Waals surface area contributed by atoms with E-state index in [1.54, 1.807) is 0 Å². The van der Waals surface area contributed by atoms with Gasteiger partial charge in [0, 0.05) is 19.3 Å². The van der Waals surface area contributed by atoms with Gasteiger partial charge in [-0.1, -0.05) is 195 Å². The second-order valence-corrected chi connectivity index (χ2v) is 15.1. The monoisotopic (exact) mass is 695 g/mol. The summed E-state index contributed by atoms with van der Waals surface area (Å²) in [5, 5.41) is 0. The molecule has 0 heterocycles. The van der Waals surface area contributed by atoms with E-state index in [0.29, 0.717) is 19.3 Å². The predicted molar refractivity (Wildman–Crippen MR) is 206 cm³/mol. The van der Waals surface area contributed by atoms with Gasteiger partial charge in [0.1, 0.15) is 13.2 Å². The zero-order valence-electron chi connectivity index (χ0n) is 33.1. The molecule has 0 aliphatic heterocycles. The molecule has 0 fully saturated rings. The van der Waals surface area contributed by atoms with Crippen molar-refractivity contribution in [3.63, 3.8) is 0 Å². The van der Waals surface area contributed by atoms with Gasteiger partial charge < -0.3 is 14.2 Å². The molecule has 290 valence electrons. The van der Waals surface area contributed by atoms with Crippen LogP contribution in [0.3, 0.4) is 0 Å². The van der Waals surface area contributed by atoms with Crippen molar-refractivity contribution >= 4 is 17.9 Å². The zero-order chi connectivity index (χ0) is 36.0. The van der Waals surface area contributed by atoms with Crippen LogP contribution in [0.25, 0.3) is 0 Å². The van der Waals surface area contributed by atoms with Crippen LogP contribution in [0, 0.1) is 5.92 Å². The van der Waals surface area contributed by atoms with E-state index in [9.17, 15) is 14.4 Å². The Morgan fingerprint density at radius 1 is 0.388 bits per heavy atom. The fourth-order valence-corrected chi connectivity index (χ4v) is 6.27. The number of carbonyl (C=O) groups excluding carboxylic acids is 3. The molecule has 0 bridgehead atoms. The maximum atomic E-state index is 12.5. The lowest BCUT2D eigenvalue weighted by atomic mass is 10.0. The lowest BCUT2D eigenvalue weighted by Gasteiger charge is -2.18. The van der Waals surface area contributed by atoms with E-state index in [2.05, 4.69) is 27.7 Å². The summed E-state index contributed by atoms with van der Waals surface area (Å²) in [4.78, 5) is 37.3. The quantitative estimate of drug-likeness (QED) is 0.0364. The molecule has 0 radical (unpaired) electrons. The first-order valence-electron chi connectivity index (χ1n) is 21.4. The minimum absolute atomic E-state index is 0.0656.